The zero-order chi connectivity index (χ0) is 9.94. The first-order chi connectivity index (χ1) is 6.31. The lowest BCUT2D eigenvalue weighted by Crippen LogP contribution is -2.32. The molecule has 0 saturated heterocycles. The first-order valence-corrected chi connectivity index (χ1v) is 5.67. The van der Waals surface area contributed by atoms with E-state index in [1.54, 1.807) is 0 Å². The van der Waals surface area contributed by atoms with E-state index in [-0.39, 0.29) is 0 Å². The van der Waals surface area contributed by atoms with Crippen LogP contribution in [0.15, 0.2) is 0 Å². The Morgan fingerprint density at radius 3 is 2.31 bits per heavy atom. The van der Waals surface area contributed by atoms with Gasteiger partial charge in [-0.3, -0.25) is 0 Å². The summed E-state index contributed by atoms with van der Waals surface area (Å²) in [7, 11) is 1.84. The van der Waals surface area contributed by atoms with Crippen LogP contribution in [-0.2, 0) is 0 Å². The van der Waals surface area contributed by atoms with E-state index in [4.69, 9.17) is 12.2 Å². The van der Waals surface area contributed by atoms with Gasteiger partial charge in [0.25, 0.3) is 0 Å². The molecular formula is C10H22N2S. The Kier molecular flexibility index (Phi) is 9.54. The minimum atomic E-state index is 0.758. The minimum absolute atomic E-state index is 0.758. The molecule has 0 amide bonds. The first-order valence-electron chi connectivity index (χ1n) is 5.26. The molecule has 0 aromatic carbocycles. The van der Waals surface area contributed by atoms with Gasteiger partial charge >= 0.3 is 0 Å². The highest BCUT2D eigenvalue weighted by molar-refractivity contribution is 7.80. The van der Waals surface area contributed by atoms with Crippen LogP contribution in [0.5, 0.6) is 0 Å². The van der Waals surface area contributed by atoms with Gasteiger partial charge in [0, 0.05) is 13.6 Å². The topological polar surface area (TPSA) is 24.1 Å². The van der Waals surface area contributed by atoms with Crippen LogP contribution in [0.1, 0.15) is 45.4 Å². The molecule has 0 unspecified atom stereocenters. The summed E-state index contributed by atoms with van der Waals surface area (Å²) in [4.78, 5) is 0. The molecular weight excluding hydrogens is 180 g/mol. The first kappa shape index (κ1) is 12.7. The van der Waals surface area contributed by atoms with Crippen LogP contribution in [0.4, 0.5) is 0 Å². The van der Waals surface area contributed by atoms with Crippen molar-refractivity contribution in [3.8, 4) is 0 Å². The van der Waals surface area contributed by atoms with Gasteiger partial charge in [0.1, 0.15) is 0 Å². The summed E-state index contributed by atoms with van der Waals surface area (Å²) in [5.41, 5.74) is 0. The predicted octanol–water partition coefficient (Wildman–Crippen LogP) is 2.44. The van der Waals surface area contributed by atoms with Gasteiger partial charge in [-0.1, -0.05) is 39.0 Å². The van der Waals surface area contributed by atoms with Gasteiger partial charge in [0.2, 0.25) is 0 Å². The fraction of sp³-hybridized carbons (Fsp3) is 0.900. The Hall–Kier alpha value is -0.310. The predicted molar refractivity (Wildman–Crippen MR) is 63.0 cm³/mol. The lowest BCUT2D eigenvalue weighted by molar-refractivity contribution is 0.601. The van der Waals surface area contributed by atoms with Gasteiger partial charge in [-0.05, 0) is 18.6 Å². The molecule has 0 atom stereocenters. The maximum Gasteiger partial charge on any atom is 0.166 e. The molecule has 0 aliphatic rings. The summed E-state index contributed by atoms with van der Waals surface area (Å²) in [5.74, 6) is 0. The van der Waals surface area contributed by atoms with E-state index in [1.165, 1.54) is 38.5 Å². The SMILES string of the molecule is CCCCCCCCNC(=S)NC. The summed E-state index contributed by atoms with van der Waals surface area (Å²) < 4.78 is 0. The maximum atomic E-state index is 4.95. The van der Waals surface area contributed by atoms with Gasteiger partial charge in [-0.2, -0.15) is 0 Å². The summed E-state index contributed by atoms with van der Waals surface area (Å²) >= 11 is 4.95. The second-order valence-electron chi connectivity index (χ2n) is 3.27. The third-order valence-electron chi connectivity index (χ3n) is 2.04. The minimum Gasteiger partial charge on any atom is -0.366 e. The highest BCUT2D eigenvalue weighted by Crippen LogP contribution is 2.03. The Labute approximate surface area is 87.5 Å². The van der Waals surface area contributed by atoms with Gasteiger partial charge in [-0.25, -0.2) is 0 Å². The second kappa shape index (κ2) is 9.78. The molecule has 0 aliphatic carbocycles. The van der Waals surface area contributed by atoms with Crippen molar-refractivity contribution in [1.29, 1.82) is 0 Å². The van der Waals surface area contributed by atoms with Crippen molar-refractivity contribution in [3.05, 3.63) is 0 Å². The summed E-state index contributed by atoms with van der Waals surface area (Å²) in [6.07, 6.45) is 7.99. The molecule has 13 heavy (non-hydrogen) atoms. The van der Waals surface area contributed by atoms with Crippen LogP contribution >= 0.6 is 12.2 Å². The molecule has 3 heteroatoms. The van der Waals surface area contributed by atoms with E-state index in [9.17, 15) is 0 Å². The standard InChI is InChI=1S/C10H22N2S/c1-3-4-5-6-7-8-9-12-10(13)11-2/h3-9H2,1-2H3,(H2,11,12,13). The van der Waals surface area contributed by atoms with Crippen LogP contribution in [0.2, 0.25) is 0 Å². The Bertz CT molecular complexity index is 126. The molecule has 0 spiro atoms. The van der Waals surface area contributed by atoms with Crippen molar-refractivity contribution in [1.82, 2.24) is 10.6 Å². The quantitative estimate of drug-likeness (QED) is 0.490. The molecule has 0 aromatic rings. The highest BCUT2D eigenvalue weighted by Gasteiger charge is 1.91. The van der Waals surface area contributed by atoms with Crippen molar-refractivity contribution in [2.24, 2.45) is 0 Å². The Balaban J connectivity index is 2.95. The summed E-state index contributed by atoms with van der Waals surface area (Å²) in [6.45, 7) is 3.25. The Morgan fingerprint density at radius 1 is 1.08 bits per heavy atom. The molecule has 2 nitrogen and oxygen atoms in total. The molecule has 0 saturated carbocycles. The van der Waals surface area contributed by atoms with E-state index >= 15 is 0 Å². The molecule has 0 aliphatic heterocycles. The van der Waals surface area contributed by atoms with Crippen molar-refractivity contribution >= 4 is 17.3 Å². The van der Waals surface area contributed by atoms with E-state index in [2.05, 4.69) is 17.6 Å². The maximum absolute atomic E-state index is 4.95. The lowest BCUT2D eigenvalue weighted by Gasteiger charge is -2.06. The van der Waals surface area contributed by atoms with Crippen LogP contribution in [0.25, 0.3) is 0 Å². The average molecular weight is 202 g/mol. The molecule has 0 heterocycles. The zero-order valence-electron chi connectivity index (χ0n) is 8.86. The lowest BCUT2D eigenvalue weighted by atomic mass is 10.1. The van der Waals surface area contributed by atoms with Crippen molar-refractivity contribution < 1.29 is 0 Å². The highest BCUT2D eigenvalue weighted by atomic mass is 32.1. The molecule has 0 fully saturated rings. The number of rotatable bonds is 7. The summed E-state index contributed by atoms with van der Waals surface area (Å²) in [6, 6.07) is 0. The molecule has 0 bridgehead atoms. The van der Waals surface area contributed by atoms with Crippen LogP contribution in [0, 0.1) is 0 Å². The third-order valence-corrected chi connectivity index (χ3v) is 2.39. The van der Waals surface area contributed by atoms with Crippen molar-refractivity contribution in [2.45, 2.75) is 45.4 Å². The monoisotopic (exact) mass is 202 g/mol. The van der Waals surface area contributed by atoms with Crippen molar-refractivity contribution in [3.63, 3.8) is 0 Å². The Morgan fingerprint density at radius 2 is 1.69 bits per heavy atom. The number of hydrogen-bond donors (Lipinski definition) is 2. The summed E-state index contributed by atoms with van der Waals surface area (Å²) in [5, 5.41) is 6.80. The molecule has 0 aromatic heterocycles. The van der Waals surface area contributed by atoms with E-state index in [0.29, 0.717) is 0 Å². The fourth-order valence-electron chi connectivity index (χ4n) is 1.20. The van der Waals surface area contributed by atoms with Crippen molar-refractivity contribution in [2.75, 3.05) is 13.6 Å². The van der Waals surface area contributed by atoms with Gasteiger partial charge in [-0.15, -0.1) is 0 Å². The number of hydrogen-bond acceptors (Lipinski definition) is 1. The second-order valence-corrected chi connectivity index (χ2v) is 3.68. The largest absolute Gasteiger partial charge is 0.366 e. The smallest absolute Gasteiger partial charge is 0.166 e. The van der Waals surface area contributed by atoms with Gasteiger partial charge in [0.05, 0.1) is 0 Å². The molecule has 0 rings (SSSR count). The third kappa shape index (κ3) is 9.61. The number of thiocarbonyl (C=S) groups is 1. The molecule has 0 radical (unpaired) electrons. The fourth-order valence-corrected chi connectivity index (χ4v) is 1.30. The van der Waals surface area contributed by atoms with Gasteiger partial charge in [0.15, 0.2) is 5.11 Å². The molecule has 78 valence electrons. The normalized spacial score (nSPS) is 9.69. The number of nitrogens with one attached hydrogen (secondary N) is 2. The van der Waals surface area contributed by atoms with E-state index in [1.807, 2.05) is 7.05 Å². The van der Waals surface area contributed by atoms with E-state index < -0.39 is 0 Å². The van der Waals surface area contributed by atoms with Crippen LogP contribution in [-0.4, -0.2) is 18.7 Å². The van der Waals surface area contributed by atoms with E-state index in [0.717, 1.165) is 11.7 Å². The molecule has 2 N–H and O–H groups in total. The zero-order valence-corrected chi connectivity index (χ0v) is 9.67. The number of unbranched alkanes of at least 4 members (excludes halogenated alkanes) is 5. The van der Waals surface area contributed by atoms with Gasteiger partial charge < -0.3 is 10.6 Å². The van der Waals surface area contributed by atoms with Crippen LogP contribution in [0.3, 0.4) is 0 Å². The average Bonchev–Trinajstić information content (AvgIpc) is 2.16. The van der Waals surface area contributed by atoms with Crippen LogP contribution < -0.4 is 10.6 Å².